The molecule has 2 atom stereocenters. The third-order valence-corrected chi connectivity index (χ3v) is 4.22. The summed E-state index contributed by atoms with van der Waals surface area (Å²) in [5.74, 6) is 0. The zero-order chi connectivity index (χ0) is 13.1. The lowest BCUT2D eigenvalue weighted by Gasteiger charge is -2.25. The SMILES string of the molecule is CC(C)(C)NS(=O)(=O)NC1CCCCCC1O. The summed E-state index contributed by atoms with van der Waals surface area (Å²) in [6, 6.07) is -0.364. The molecule has 5 nitrogen and oxygen atoms in total. The van der Waals surface area contributed by atoms with Crippen molar-refractivity contribution >= 4 is 10.2 Å². The molecule has 0 bridgehead atoms. The van der Waals surface area contributed by atoms with Gasteiger partial charge in [-0.15, -0.1) is 0 Å². The van der Waals surface area contributed by atoms with E-state index in [0.717, 1.165) is 19.3 Å². The van der Waals surface area contributed by atoms with Crippen LogP contribution < -0.4 is 9.44 Å². The van der Waals surface area contributed by atoms with Gasteiger partial charge in [-0.05, 0) is 33.6 Å². The molecule has 1 saturated carbocycles. The van der Waals surface area contributed by atoms with Crippen molar-refractivity contribution in [2.75, 3.05) is 0 Å². The zero-order valence-corrected chi connectivity index (χ0v) is 11.7. The molecule has 0 aromatic heterocycles. The van der Waals surface area contributed by atoms with Crippen LogP contribution in [0, 0.1) is 0 Å². The minimum absolute atomic E-state index is 0.364. The largest absolute Gasteiger partial charge is 0.391 e. The van der Waals surface area contributed by atoms with Gasteiger partial charge in [0.15, 0.2) is 0 Å². The van der Waals surface area contributed by atoms with Gasteiger partial charge in [-0.3, -0.25) is 0 Å². The molecule has 0 aliphatic heterocycles. The predicted molar refractivity (Wildman–Crippen MR) is 67.8 cm³/mol. The second-order valence-electron chi connectivity index (χ2n) is 5.79. The quantitative estimate of drug-likeness (QED) is 0.663. The van der Waals surface area contributed by atoms with Gasteiger partial charge in [0.2, 0.25) is 0 Å². The Kier molecular flexibility index (Phi) is 4.95. The number of nitrogens with one attached hydrogen (secondary N) is 2. The number of aliphatic hydroxyl groups is 1. The monoisotopic (exact) mass is 264 g/mol. The van der Waals surface area contributed by atoms with Crippen LogP contribution in [0.15, 0.2) is 0 Å². The van der Waals surface area contributed by atoms with Gasteiger partial charge < -0.3 is 5.11 Å². The van der Waals surface area contributed by atoms with Crippen molar-refractivity contribution in [1.29, 1.82) is 0 Å². The fraction of sp³-hybridized carbons (Fsp3) is 1.00. The molecule has 3 N–H and O–H groups in total. The Hall–Kier alpha value is -0.170. The summed E-state index contributed by atoms with van der Waals surface area (Å²) in [4.78, 5) is 0. The van der Waals surface area contributed by atoms with Gasteiger partial charge in [-0.2, -0.15) is 17.9 Å². The lowest BCUT2D eigenvalue weighted by molar-refractivity contribution is 0.130. The van der Waals surface area contributed by atoms with Gasteiger partial charge in [0, 0.05) is 11.6 Å². The van der Waals surface area contributed by atoms with E-state index in [1.807, 2.05) is 0 Å². The molecular formula is C11H24N2O3S. The number of hydrogen-bond donors (Lipinski definition) is 3. The van der Waals surface area contributed by atoms with Crippen LogP contribution in [0.25, 0.3) is 0 Å². The molecule has 102 valence electrons. The van der Waals surface area contributed by atoms with Crippen LogP contribution in [0.3, 0.4) is 0 Å². The van der Waals surface area contributed by atoms with Crippen molar-refractivity contribution in [3.05, 3.63) is 0 Å². The van der Waals surface area contributed by atoms with Gasteiger partial charge >= 0.3 is 0 Å². The van der Waals surface area contributed by atoms with E-state index < -0.39 is 21.9 Å². The van der Waals surface area contributed by atoms with Crippen molar-refractivity contribution in [2.24, 2.45) is 0 Å². The normalized spacial score (nSPS) is 27.8. The highest BCUT2D eigenvalue weighted by Gasteiger charge is 2.28. The topological polar surface area (TPSA) is 78.4 Å². The molecule has 6 heteroatoms. The first-order valence-corrected chi connectivity index (χ1v) is 7.67. The molecule has 0 saturated heterocycles. The molecule has 1 aliphatic carbocycles. The van der Waals surface area contributed by atoms with E-state index >= 15 is 0 Å². The molecule has 17 heavy (non-hydrogen) atoms. The Morgan fingerprint density at radius 3 is 2.29 bits per heavy atom. The summed E-state index contributed by atoms with van der Waals surface area (Å²) < 4.78 is 28.8. The summed E-state index contributed by atoms with van der Waals surface area (Å²) in [6.45, 7) is 5.36. The first-order valence-electron chi connectivity index (χ1n) is 6.19. The van der Waals surface area contributed by atoms with E-state index in [4.69, 9.17) is 0 Å². The highest BCUT2D eigenvalue weighted by Crippen LogP contribution is 2.18. The van der Waals surface area contributed by atoms with Crippen molar-refractivity contribution in [1.82, 2.24) is 9.44 Å². The Morgan fingerprint density at radius 2 is 1.71 bits per heavy atom. The highest BCUT2D eigenvalue weighted by atomic mass is 32.2. The van der Waals surface area contributed by atoms with Gasteiger partial charge in [0.05, 0.1) is 6.10 Å². The highest BCUT2D eigenvalue weighted by molar-refractivity contribution is 7.87. The van der Waals surface area contributed by atoms with Crippen molar-refractivity contribution in [3.63, 3.8) is 0 Å². The molecule has 0 radical (unpaired) electrons. The smallest absolute Gasteiger partial charge is 0.277 e. The number of aliphatic hydroxyl groups excluding tert-OH is 1. The molecule has 0 amide bonds. The fourth-order valence-corrected chi connectivity index (χ4v) is 3.60. The van der Waals surface area contributed by atoms with Crippen LogP contribution in [0.2, 0.25) is 0 Å². The Balaban J connectivity index is 2.62. The average molecular weight is 264 g/mol. The first kappa shape index (κ1) is 14.9. The first-order chi connectivity index (χ1) is 7.70. The van der Waals surface area contributed by atoms with Crippen molar-refractivity contribution in [3.8, 4) is 0 Å². The van der Waals surface area contributed by atoms with Crippen LogP contribution in [-0.2, 0) is 10.2 Å². The minimum Gasteiger partial charge on any atom is -0.391 e. The van der Waals surface area contributed by atoms with E-state index in [1.54, 1.807) is 20.8 Å². The molecule has 0 heterocycles. The summed E-state index contributed by atoms with van der Waals surface area (Å²) in [5, 5.41) is 9.86. The van der Waals surface area contributed by atoms with Crippen molar-refractivity contribution < 1.29 is 13.5 Å². The van der Waals surface area contributed by atoms with Crippen LogP contribution in [0.1, 0.15) is 52.9 Å². The van der Waals surface area contributed by atoms with Gasteiger partial charge in [0.25, 0.3) is 10.2 Å². The van der Waals surface area contributed by atoms with E-state index in [-0.39, 0.29) is 6.04 Å². The van der Waals surface area contributed by atoms with E-state index in [2.05, 4.69) is 9.44 Å². The zero-order valence-electron chi connectivity index (χ0n) is 10.9. The molecule has 1 fully saturated rings. The predicted octanol–water partition coefficient (Wildman–Crippen LogP) is 0.902. The lowest BCUT2D eigenvalue weighted by atomic mass is 10.1. The molecule has 2 unspecified atom stereocenters. The van der Waals surface area contributed by atoms with E-state index in [0.29, 0.717) is 12.8 Å². The maximum Gasteiger partial charge on any atom is 0.277 e. The summed E-state index contributed by atoms with van der Waals surface area (Å²) in [6.07, 6.45) is 3.78. The lowest BCUT2D eigenvalue weighted by Crippen LogP contribution is -2.52. The maximum absolute atomic E-state index is 11.8. The molecule has 1 rings (SSSR count). The third-order valence-electron chi connectivity index (χ3n) is 2.73. The number of hydrogen-bond acceptors (Lipinski definition) is 3. The Morgan fingerprint density at radius 1 is 1.12 bits per heavy atom. The van der Waals surface area contributed by atoms with Crippen LogP contribution >= 0.6 is 0 Å². The fourth-order valence-electron chi connectivity index (χ4n) is 2.06. The molecule has 0 aromatic rings. The van der Waals surface area contributed by atoms with Crippen LogP contribution in [-0.4, -0.2) is 31.2 Å². The summed E-state index contributed by atoms with van der Waals surface area (Å²) in [5.41, 5.74) is -0.512. The molecule has 0 aromatic carbocycles. The number of rotatable bonds is 3. The van der Waals surface area contributed by atoms with E-state index in [9.17, 15) is 13.5 Å². The third kappa shape index (κ3) is 5.81. The minimum atomic E-state index is -3.55. The van der Waals surface area contributed by atoms with Crippen LogP contribution in [0.5, 0.6) is 0 Å². The maximum atomic E-state index is 11.8. The standard InChI is InChI=1S/C11H24N2O3S/c1-11(2,3)13-17(15,16)12-9-7-5-4-6-8-10(9)14/h9-10,12-14H,4-8H2,1-3H3. The second-order valence-corrected chi connectivity index (χ2v) is 7.23. The average Bonchev–Trinajstić information content (AvgIpc) is 2.27. The molecular weight excluding hydrogens is 240 g/mol. The Labute approximate surface area is 104 Å². The Bertz CT molecular complexity index is 335. The second kappa shape index (κ2) is 5.65. The van der Waals surface area contributed by atoms with Crippen LogP contribution in [0.4, 0.5) is 0 Å². The molecule has 0 spiro atoms. The van der Waals surface area contributed by atoms with Gasteiger partial charge in [-0.25, -0.2) is 0 Å². The summed E-state index contributed by atoms with van der Waals surface area (Å²) >= 11 is 0. The van der Waals surface area contributed by atoms with E-state index in [1.165, 1.54) is 0 Å². The summed E-state index contributed by atoms with van der Waals surface area (Å²) in [7, 11) is -3.55. The van der Waals surface area contributed by atoms with Gasteiger partial charge in [0.1, 0.15) is 0 Å². The van der Waals surface area contributed by atoms with Crippen molar-refractivity contribution in [2.45, 2.75) is 70.6 Å². The molecule has 1 aliphatic rings. The van der Waals surface area contributed by atoms with Gasteiger partial charge in [-0.1, -0.05) is 19.3 Å².